The maximum Gasteiger partial charge on any atom is 0.338 e. The van der Waals surface area contributed by atoms with Gasteiger partial charge in [-0.3, -0.25) is 20.4 Å². The number of esters is 1. The Kier molecular flexibility index (Phi) is 6.79. The van der Waals surface area contributed by atoms with Crippen LogP contribution in [0, 0.1) is 13.8 Å². The van der Waals surface area contributed by atoms with Crippen LogP contribution in [0.4, 0.5) is 0 Å². The molecule has 0 spiro atoms. The Hall–Kier alpha value is -3.06. The number of hydrogen-bond donors (Lipinski definition) is 2. The number of amides is 2. The first-order valence-corrected chi connectivity index (χ1v) is 8.36. The minimum absolute atomic E-state index is 0.151. The van der Waals surface area contributed by atoms with Gasteiger partial charge in [0.05, 0.1) is 18.2 Å². The largest absolute Gasteiger partial charge is 0.496 e. The maximum atomic E-state index is 12.2. The molecule has 8 heteroatoms. The molecule has 0 fully saturated rings. The molecule has 0 heterocycles. The van der Waals surface area contributed by atoms with E-state index in [0.29, 0.717) is 16.3 Å². The predicted octanol–water partition coefficient (Wildman–Crippen LogP) is 2.58. The average Bonchev–Trinajstić information content (AvgIpc) is 2.65. The summed E-state index contributed by atoms with van der Waals surface area (Å²) in [4.78, 5) is 36.1. The first-order chi connectivity index (χ1) is 12.8. The number of hydrazine groups is 1. The van der Waals surface area contributed by atoms with Crippen LogP contribution in [0.2, 0.25) is 5.02 Å². The van der Waals surface area contributed by atoms with Gasteiger partial charge in [-0.25, -0.2) is 4.79 Å². The van der Waals surface area contributed by atoms with E-state index in [1.165, 1.54) is 19.2 Å². The number of nitrogens with one attached hydrogen (secondary N) is 2. The van der Waals surface area contributed by atoms with E-state index >= 15 is 0 Å². The van der Waals surface area contributed by atoms with Crippen LogP contribution in [-0.2, 0) is 9.53 Å². The summed E-state index contributed by atoms with van der Waals surface area (Å²) in [5, 5.41) is 0.342. The molecule has 2 N–H and O–H groups in total. The molecule has 142 valence electrons. The van der Waals surface area contributed by atoms with Crippen molar-refractivity contribution in [3.8, 4) is 5.75 Å². The zero-order valence-corrected chi connectivity index (χ0v) is 15.8. The lowest BCUT2D eigenvalue weighted by molar-refractivity contribution is -0.125. The number of hydrogen-bond acceptors (Lipinski definition) is 5. The van der Waals surface area contributed by atoms with Crippen molar-refractivity contribution in [1.29, 1.82) is 0 Å². The van der Waals surface area contributed by atoms with E-state index in [9.17, 15) is 14.4 Å². The molecular weight excluding hydrogens is 372 g/mol. The number of ether oxygens (including phenoxy) is 2. The SMILES string of the molecule is COc1ccc(Cl)cc1C(=O)NNC(=O)COC(=O)c1cc(C)ccc1C. The lowest BCUT2D eigenvalue weighted by atomic mass is 10.1. The highest BCUT2D eigenvalue weighted by molar-refractivity contribution is 6.31. The lowest BCUT2D eigenvalue weighted by Crippen LogP contribution is -2.43. The summed E-state index contributed by atoms with van der Waals surface area (Å²) in [5.41, 5.74) is 6.57. The summed E-state index contributed by atoms with van der Waals surface area (Å²) in [5.74, 6) is -1.63. The first-order valence-electron chi connectivity index (χ1n) is 7.99. The van der Waals surface area contributed by atoms with Crippen LogP contribution in [-0.4, -0.2) is 31.5 Å². The second-order valence-electron chi connectivity index (χ2n) is 5.74. The van der Waals surface area contributed by atoms with E-state index in [0.717, 1.165) is 11.1 Å². The molecule has 0 aromatic heterocycles. The highest BCUT2D eigenvalue weighted by Gasteiger charge is 2.16. The molecule has 0 bridgehead atoms. The summed E-state index contributed by atoms with van der Waals surface area (Å²) >= 11 is 5.87. The number of carbonyl (C=O) groups is 3. The summed E-state index contributed by atoms with van der Waals surface area (Å²) in [6, 6.07) is 9.86. The third-order valence-electron chi connectivity index (χ3n) is 3.67. The molecule has 0 radical (unpaired) electrons. The number of aryl methyl sites for hydroxylation is 2. The Labute approximate surface area is 161 Å². The van der Waals surface area contributed by atoms with Gasteiger partial charge in [-0.1, -0.05) is 29.3 Å². The topological polar surface area (TPSA) is 93.7 Å². The molecule has 0 saturated carbocycles. The zero-order chi connectivity index (χ0) is 20.0. The van der Waals surface area contributed by atoms with Gasteiger partial charge in [0.25, 0.3) is 11.8 Å². The summed E-state index contributed by atoms with van der Waals surface area (Å²) in [7, 11) is 1.41. The van der Waals surface area contributed by atoms with Crippen molar-refractivity contribution in [3.05, 3.63) is 63.7 Å². The highest BCUT2D eigenvalue weighted by Crippen LogP contribution is 2.22. The van der Waals surface area contributed by atoms with Gasteiger partial charge in [0.15, 0.2) is 6.61 Å². The van der Waals surface area contributed by atoms with Crippen molar-refractivity contribution in [2.45, 2.75) is 13.8 Å². The van der Waals surface area contributed by atoms with Crippen LogP contribution in [0.5, 0.6) is 5.75 Å². The van der Waals surface area contributed by atoms with Gasteiger partial charge in [-0.05, 0) is 43.7 Å². The minimum atomic E-state index is -0.692. The molecule has 7 nitrogen and oxygen atoms in total. The quantitative estimate of drug-likeness (QED) is 0.604. The smallest absolute Gasteiger partial charge is 0.338 e. The molecular formula is C19H19ClN2O5. The van der Waals surface area contributed by atoms with E-state index in [1.807, 2.05) is 13.0 Å². The number of benzene rings is 2. The van der Waals surface area contributed by atoms with Crippen molar-refractivity contribution in [1.82, 2.24) is 10.9 Å². The van der Waals surface area contributed by atoms with E-state index < -0.39 is 24.4 Å². The lowest BCUT2D eigenvalue weighted by Gasteiger charge is -2.11. The molecule has 0 saturated heterocycles. The fraction of sp³-hybridized carbons (Fsp3) is 0.211. The summed E-state index contributed by atoms with van der Waals surface area (Å²) in [6.45, 7) is 3.08. The second kappa shape index (κ2) is 9.05. The Morgan fingerprint density at radius 3 is 2.44 bits per heavy atom. The van der Waals surface area contributed by atoms with Crippen LogP contribution in [0.15, 0.2) is 36.4 Å². The zero-order valence-electron chi connectivity index (χ0n) is 15.1. The van der Waals surface area contributed by atoms with Gasteiger partial charge >= 0.3 is 5.97 Å². The first kappa shape index (κ1) is 20.3. The standard InChI is InChI=1S/C19H19ClN2O5/c1-11-4-5-12(2)14(8-11)19(25)27-10-17(23)21-22-18(24)15-9-13(20)6-7-16(15)26-3/h4-9H,10H2,1-3H3,(H,21,23)(H,22,24). The molecule has 2 aromatic carbocycles. The summed E-state index contributed by atoms with van der Waals surface area (Å²) in [6.07, 6.45) is 0. The molecule has 2 rings (SSSR count). The minimum Gasteiger partial charge on any atom is -0.496 e. The molecule has 27 heavy (non-hydrogen) atoms. The Balaban J connectivity index is 1.89. The molecule has 2 amide bonds. The van der Waals surface area contributed by atoms with Gasteiger partial charge in [0.1, 0.15) is 5.75 Å². The van der Waals surface area contributed by atoms with Crippen molar-refractivity contribution >= 4 is 29.4 Å². The van der Waals surface area contributed by atoms with Crippen LogP contribution in [0.3, 0.4) is 0 Å². The van der Waals surface area contributed by atoms with Gasteiger partial charge in [0.2, 0.25) is 0 Å². The van der Waals surface area contributed by atoms with Crippen molar-refractivity contribution < 1.29 is 23.9 Å². The third kappa shape index (κ3) is 5.46. The molecule has 0 atom stereocenters. The molecule has 0 aliphatic carbocycles. The maximum absolute atomic E-state index is 12.2. The number of carbonyl (C=O) groups excluding carboxylic acids is 3. The van der Waals surface area contributed by atoms with Crippen LogP contribution in [0.1, 0.15) is 31.8 Å². The van der Waals surface area contributed by atoms with Crippen molar-refractivity contribution in [2.24, 2.45) is 0 Å². The van der Waals surface area contributed by atoms with Crippen LogP contribution < -0.4 is 15.6 Å². The molecule has 0 aliphatic heterocycles. The number of rotatable bonds is 5. The van der Waals surface area contributed by atoms with Gasteiger partial charge in [0, 0.05) is 5.02 Å². The Bertz CT molecular complexity index is 882. The fourth-order valence-electron chi connectivity index (χ4n) is 2.25. The van der Waals surface area contributed by atoms with Crippen molar-refractivity contribution in [2.75, 3.05) is 13.7 Å². The second-order valence-corrected chi connectivity index (χ2v) is 6.18. The van der Waals surface area contributed by atoms with E-state index in [4.69, 9.17) is 21.1 Å². The normalized spacial score (nSPS) is 10.1. The highest BCUT2D eigenvalue weighted by atomic mass is 35.5. The predicted molar refractivity (Wildman–Crippen MR) is 99.8 cm³/mol. The van der Waals surface area contributed by atoms with Crippen molar-refractivity contribution in [3.63, 3.8) is 0 Å². The van der Waals surface area contributed by atoms with E-state index in [2.05, 4.69) is 10.9 Å². The summed E-state index contributed by atoms with van der Waals surface area (Å²) < 4.78 is 10.1. The third-order valence-corrected chi connectivity index (χ3v) is 3.90. The van der Waals surface area contributed by atoms with Crippen LogP contribution >= 0.6 is 11.6 Å². The average molecular weight is 391 g/mol. The van der Waals surface area contributed by atoms with Gasteiger partial charge in [-0.15, -0.1) is 0 Å². The van der Waals surface area contributed by atoms with E-state index in [1.54, 1.807) is 25.1 Å². The molecule has 0 unspecified atom stereocenters. The number of halogens is 1. The Morgan fingerprint density at radius 1 is 1.00 bits per heavy atom. The van der Waals surface area contributed by atoms with Crippen LogP contribution in [0.25, 0.3) is 0 Å². The molecule has 0 aliphatic rings. The monoisotopic (exact) mass is 390 g/mol. The van der Waals surface area contributed by atoms with Gasteiger partial charge < -0.3 is 9.47 Å². The molecule has 2 aromatic rings. The Morgan fingerprint density at radius 2 is 1.74 bits per heavy atom. The van der Waals surface area contributed by atoms with E-state index in [-0.39, 0.29) is 5.56 Å². The fourth-order valence-corrected chi connectivity index (χ4v) is 2.42. The number of methoxy groups -OCH3 is 1. The van der Waals surface area contributed by atoms with Gasteiger partial charge in [-0.2, -0.15) is 0 Å².